The first kappa shape index (κ1) is 7.54. The van der Waals surface area contributed by atoms with Gasteiger partial charge in [0, 0.05) is 17.1 Å². The number of rotatable bonds is 0. The summed E-state index contributed by atoms with van der Waals surface area (Å²) in [6, 6.07) is 1.25. The first-order chi connectivity index (χ1) is 5.70. The van der Waals surface area contributed by atoms with Crippen LogP contribution in [-0.2, 0) is 0 Å². The predicted molar refractivity (Wildman–Crippen MR) is 48.2 cm³/mol. The molecule has 0 bridgehead atoms. The largest absolute Gasteiger partial charge is 0.398 e. The van der Waals surface area contributed by atoms with Gasteiger partial charge >= 0.3 is 0 Å². The molecule has 3 nitrogen and oxygen atoms in total. The van der Waals surface area contributed by atoms with Crippen LogP contribution in [0.4, 0.5) is 10.1 Å². The number of benzene rings is 1. The highest BCUT2D eigenvalue weighted by Crippen LogP contribution is 2.29. The maximum atomic E-state index is 13.1. The van der Waals surface area contributed by atoms with Gasteiger partial charge in [-0.15, -0.1) is 0 Å². The molecule has 0 aliphatic rings. The number of nitrogen functional groups attached to an aromatic ring is 1. The number of fused-ring (bicyclic) bond motifs is 1. The first-order valence-electron chi connectivity index (χ1n) is 3.26. The predicted octanol–water partition coefficient (Wildman–Crippen LogP) is 2.05. The van der Waals surface area contributed by atoms with E-state index in [1.54, 1.807) is 0 Å². The number of nitrogens with zero attached hydrogens (tertiary/aromatic N) is 1. The summed E-state index contributed by atoms with van der Waals surface area (Å²) in [5.74, 6) is -0.386. The molecule has 0 atom stereocenters. The Bertz CT molecular complexity index is 437. The SMILES string of the molecule is Nc1cc(F)c2[nH]ncc2c1Br. The minimum absolute atomic E-state index is 0.371. The standard InChI is InChI=1S/C7H5BrFN3/c8-6-3-2-11-12-7(3)4(9)1-5(6)10/h1-2H,10H2,(H,11,12). The molecule has 5 heteroatoms. The average molecular weight is 230 g/mol. The number of hydrogen-bond donors (Lipinski definition) is 2. The molecule has 0 saturated carbocycles. The molecule has 0 radical (unpaired) electrons. The van der Waals surface area contributed by atoms with Crippen molar-refractivity contribution in [3.8, 4) is 0 Å². The molecule has 2 aromatic rings. The average Bonchev–Trinajstić information content (AvgIpc) is 2.48. The molecule has 0 amide bonds. The maximum Gasteiger partial charge on any atom is 0.150 e. The third kappa shape index (κ3) is 0.896. The van der Waals surface area contributed by atoms with E-state index in [0.717, 1.165) is 0 Å². The summed E-state index contributed by atoms with van der Waals surface area (Å²) in [6.07, 6.45) is 1.53. The van der Waals surface area contributed by atoms with Gasteiger partial charge in [-0.1, -0.05) is 0 Å². The van der Waals surface area contributed by atoms with Crippen LogP contribution in [0, 0.1) is 5.82 Å². The highest BCUT2D eigenvalue weighted by atomic mass is 79.9. The van der Waals surface area contributed by atoms with Crippen molar-refractivity contribution in [1.29, 1.82) is 0 Å². The summed E-state index contributed by atoms with van der Waals surface area (Å²) in [4.78, 5) is 0. The van der Waals surface area contributed by atoms with Crippen molar-refractivity contribution < 1.29 is 4.39 Å². The second-order valence-corrected chi connectivity index (χ2v) is 3.21. The van der Waals surface area contributed by atoms with Crippen LogP contribution in [0.15, 0.2) is 16.7 Å². The molecule has 12 heavy (non-hydrogen) atoms. The number of hydrogen-bond acceptors (Lipinski definition) is 2. The lowest BCUT2D eigenvalue weighted by atomic mass is 10.2. The summed E-state index contributed by atoms with van der Waals surface area (Å²) >= 11 is 3.24. The van der Waals surface area contributed by atoms with Crippen molar-refractivity contribution in [2.75, 3.05) is 5.73 Å². The Morgan fingerprint density at radius 2 is 2.33 bits per heavy atom. The van der Waals surface area contributed by atoms with E-state index in [4.69, 9.17) is 5.73 Å². The molecule has 1 heterocycles. The molecule has 0 aliphatic heterocycles. The molecule has 3 N–H and O–H groups in total. The van der Waals surface area contributed by atoms with Gasteiger partial charge < -0.3 is 5.73 Å². The molecule has 1 aromatic heterocycles. The maximum absolute atomic E-state index is 13.1. The minimum atomic E-state index is -0.386. The zero-order chi connectivity index (χ0) is 8.72. The van der Waals surface area contributed by atoms with Crippen LogP contribution in [0.3, 0.4) is 0 Å². The van der Waals surface area contributed by atoms with Gasteiger partial charge in [0.05, 0.1) is 10.7 Å². The minimum Gasteiger partial charge on any atom is -0.398 e. The van der Waals surface area contributed by atoms with Crippen LogP contribution < -0.4 is 5.73 Å². The summed E-state index contributed by atoms with van der Waals surface area (Å²) in [7, 11) is 0. The van der Waals surface area contributed by atoms with Crippen molar-refractivity contribution in [1.82, 2.24) is 10.2 Å². The number of aromatic amines is 1. The summed E-state index contributed by atoms with van der Waals surface area (Å²) in [5.41, 5.74) is 6.27. The monoisotopic (exact) mass is 229 g/mol. The fraction of sp³-hybridized carbons (Fsp3) is 0. The molecule has 62 valence electrons. The van der Waals surface area contributed by atoms with Gasteiger partial charge in [0.2, 0.25) is 0 Å². The summed E-state index contributed by atoms with van der Waals surface area (Å²) in [5, 5.41) is 6.92. The molecular weight excluding hydrogens is 225 g/mol. The Balaban J connectivity index is 2.97. The molecule has 2 rings (SSSR count). The highest BCUT2D eigenvalue weighted by Gasteiger charge is 2.09. The Labute approximate surface area is 75.9 Å². The zero-order valence-corrected chi connectivity index (χ0v) is 7.52. The van der Waals surface area contributed by atoms with Gasteiger partial charge in [0.25, 0.3) is 0 Å². The normalized spacial score (nSPS) is 10.8. The van der Waals surface area contributed by atoms with Crippen LogP contribution in [0.1, 0.15) is 0 Å². The molecular formula is C7H5BrFN3. The second kappa shape index (κ2) is 2.45. The van der Waals surface area contributed by atoms with Gasteiger partial charge in [-0.05, 0) is 15.9 Å². The van der Waals surface area contributed by atoms with E-state index in [9.17, 15) is 4.39 Å². The molecule has 0 unspecified atom stereocenters. The zero-order valence-electron chi connectivity index (χ0n) is 5.94. The quantitative estimate of drug-likeness (QED) is 0.680. The van der Waals surface area contributed by atoms with E-state index in [1.807, 2.05) is 0 Å². The van der Waals surface area contributed by atoms with Crippen LogP contribution in [-0.4, -0.2) is 10.2 Å². The molecule has 0 fully saturated rings. The van der Waals surface area contributed by atoms with Crippen LogP contribution in [0.25, 0.3) is 10.9 Å². The number of anilines is 1. The summed E-state index contributed by atoms with van der Waals surface area (Å²) < 4.78 is 13.8. The Hall–Kier alpha value is -1.10. The topological polar surface area (TPSA) is 54.7 Å². The number of halogens is 2. The van der Waals surface area contributed by atoms with Crippen molar-refractivity contribution in [3.63, 3.8) is 0 Å². The molecule has 0 aliphatic carbocycles. The molecule has 0 spiro atoms. The lowest BCUT2D eigenvalue weighted by molar-refractivity contribution is 0.636. The highest BCUT2D eigenvalue weighted by molar-refractivity contribution is 9.10. The van der Waals surface area contributed by atoms with E-state index in [2.05, 4.69) is 26.1 Å². The summed E-state index contributed by atoms with van der Waals surface area (Å²) in [6.45, 7) is 0. The van der Waals surface area contributed by atoms with Crippen molar-refractivity contribution in [2.24, 2.45) is 0 Å². The Morgan fingerprint density at radius 1 is 1.58 bits per heavy atom. The van der Waals surface area contributed by atoms with Gasteiger partial charge in [-0.25, -0.2) is 4.39 Å². The lowest BCUT2D eigenvalue weighted by Crippen LogP contribution is -1.89. The van der Waals surface area contributed by atoms with Crippen molar-refractivity contribution >= 4 is 32.5 Å². The second-order valence-electron chi connectivity index (χ2n) is 2.42. The van der Waals surface area contributed by atoms with Gasteiger partial charge in [-0.2, -0.15) is 5.10 Å². The fourth-order valence-electron chi connectivity index (χ4n) is 1.06. The van der Waals surface area contributed by atoms with Crippen LogP contribution >= 0.6 is 15.9 Å². The van der Waals surface area contributed by atoms with Gasteiger partial charge in [0.15, 0.2) is 5.82 Å². The number of H-pyrrole nitrogens is 1. The van der Waals surface area contributed by atoms with Gasteiger partial charge in [0.1, 0.15) is 5.52 Å². The number of nitrogens with two attached hydrogens (primary N) is 1. The molecule has 1 aromatic carbocycles. The fourth-order valence-corrected chi connectivity index (χ4v) is 1.48. The van der Waals surface area contributed by atoms with E-state index in [-0.39, 0.29) is 5.82 Å². The Kier molecular flexibility index (Phi) is 1.54. The number of aromatic nitrogens is 2. The van der Waals surface area contributed by atoms with Crippen molar-refractivity contribution in [3.05, 3.63) is 22.6 Å². The van der Waals surface area contributed by atoms with Crippen molar-refractivity contribution in [2.45, 2.75) is 0 Å². The van der Waals surface area contributed by atoms with E-state index in [1.165, 1.54) is 12.3 Å². The van der Waals surface area contributed by atoms with Crippen LogP contribution in [0.2, 0.25) is 0 Å². The van der Waals surface area contributed by atoms with E-state index < -0.39 is 0 Å². The number of nitrogens with one attached hydrogen (secondary N) is 1. The van der Waals surface area contributed by atoms with E-state index >= 15 is 0 Å². The smallest absolute Gasteiger partial charge is 0.150 e. The third-order valence-electron chi connectivity index (χ3n) is 1.65. The van der Waals surface area contributed by atoms with Gasteiger partial charge in [-0.3, -0.25) is 5.10 Å². The lowest BCUT2D eigenvalue weighted by Gasteiger charge is -1.99. The first-order valence-corrected chi connectivity index (χ1v) is 4.06. The third-order valence-corrected chi connectivity index (χ3v) is 2.54. The van der Waals surface area contributed by atoms with Crippen LogP contribution in [0.5, 0.6) is 0 Å². The Morgan fingerprint density at radius 3 is 3.08 bits per heavy atom. The van der Waals surface area contributed by atoms with E-state index in [0.29, 0.717) is 21.1 Å². The molecule has 0 saturated heterocycles.